The Balaban J connectivity index is 1.37. The molecule has 26 heavy (non-hydrogen) atoms. The van der Waals surface area contributed by atoms with Crippen LogP contribution in [0.4, 0.5) is 14.9 Å². The summed E-state index contributed by atoms with van der Waals surface area (Å²) in [5.41, 5.74) is 2.13. The highest BCUT2D eigenvalue weighted by Crippen LogP contribution is 2.17. The Labute approximate surface area is 153 Å². The number of carbonyl (C=O) groups excluding carboxylic acids is 1. The van der Waals surface area contributed by atoms with Crippen molar-refractivity contribution in [2.75, 3.05) is 44.2 Å². The second kappa shape index (κ2) is 8.56. The molecule has 1 heterocycles. The van der Waals surface area contributed by atoms with Crippen molar-refractivity contribution in [3.05, 3.63) is 59.9 Å². The van der Waals surface area contributed by atoms with Crippen LogP contribution in [-0.2, 0) is 0 Å². The quantitative estimate of drug-likeness (QED) is 0.837. The Morgan fingerprint density at radius 2 is 1.85 bits per heavy atom. The first-order chi connectivity index (χ1) is 12.6. The molecule has 0 atom stereocenters. The summed E-state index contributed by atoms with van der Waals surface area (Å²) in [6, 6.07) is 14.2. The summed E-state index contributed by atoms with van der Waals surface area (Å²) < 4.78 is 18.6. The molecule has 0 radical (unpaired) electrons. The molecule has 0 bridgehead atoms. The van der Waals surface area contributed by atoms with E-state index in [4.69, 9.17) is 4.74 Å². The number of hydrogen-bond donors (Lipinski definition) is 1. The zero-order valence-corrected chi connectivity index (χ0v) is 15.0. The number of amides is 2. The van der Waals surface area contributed by atoms with Crippen LogP contribution in [-0.4, -0.2) is 50.3 Å². The summed E-state index contributed by atoms with van der Waals surface area (Å²) in [6.07, 6.45) is 0. The lowest BCUT2D eigenvalue weighted by Gasteiger charge is -2.36. The van der Waals surface area contributed by atoms with Crippen LogP contribution in [0, 0.1) is 12.7 Å². The van der Waals surface area contributed by atoms with Gasteiger partial charge in [-0.3, -0.25) is 0 Å². The minimum Gasteiger partial charge on any atom is -0.492 e. The van der Waals surface area contributed by atoms with Gasteiger partial charge in [-0.15, -0.1) is 0 Å². The third kappa shape index (κ3) is 4.88. The zero-order valence-electron chi connectivity index (χ0n) is 15.0. The van der Waals surface area contributed by atoms with E-state index in [0.717, 1.165) is 30.1 Å². The van der Waals surface area contributed by atoms with E-state index < -0.39 is 0 Å². The Kier molecular flexibility index (Phi) is 5.94. The number of hydrogen-bond acceptors (Lipinski definition) is 3. The van der Waals surface area contributed by atoms with E-state index in [-0.39, 0.29) is 11.8 Å². The third-order valence-electron chi connectivity index (χ3n) is 4.40. The van der Waals surface area contributed by atoms with E-state index in [1.54, 1.807) is 17.0 Å². The number of benzene rings is 2. The highest BCUT2D eigenvalue weighted by atomic mass is 19.1. The van der Waals surface area contributed by atoms with E-state index in [1.807, 2.05) is 31.2 Å². The van der Waals surface area contributed by atoms with Crippen molar-refractivity contribution >= 4 is 11.7 Å². The lowest BCUT2D eigenvalue weighted by atomic mass is 10.2. The molecule has 0 spiro atoms. The van der Waals surface area contributed by atoms with Gasteiger partial charge in [0.15, 0.2) is 0 Å². The molecule has 1 aliphatic rings. The van der Waals surface area contributed by atoms with Crippen LogP contribution in [0.25, 0.3) is 0 Å². The van der Waals surface area contributed by atoms with Gasteiger partial charge in [0.05, 0.1) is 6.54 Å². The summed E-state index contributed by atoms with van der Waals surface area (Å²) in [7, 11) is 0. The molecule has 0 saturated carbocycles. The van der Waals surface area contributed by atoms with Gasteiger partial charge < -0.3 is 19.9 Å². The number of nitrogens with one attached hydrogen (secondary N) is 1. The number of piperazine rings is 1. The second-order valence-electron chi connectivity index (χ2n) is 6.35. The van der Waals surface area contributed by atoms with Gasteiger partial charge in [0.1, 0.15) is 18.2 Å². The fourth-order valence-corrected chi connectivity index (χ4v) is 2.96. The Hall–Kier alpha value is -2.76. The molecule has 2 aromatic rings. The van der Waals surface area contributed by atoms with E-state index in [0.29, 0.717) is 26.2 Å². The third-order valence-corrected chi connectivity index (χ3v) is 4.40. The van der Waals surface area contributed by atoms with Gasteiger partial charge >= 0.3 is 6.03 Å². The minimum atomic E-state index is -0.236. The Morgan fingerprint density at radius 3 is 2.54 bits per heavy atom. The molecule has 3 rings (SSSR count). The molecule has 138 valence electrons. The van der Waals surface area contributed by atoms with Crippen LogP contribution >= 0.6 is 0 Å². The first kappa shape index (κ1) is 18.0. The smallest absolute Gasteiger partial charge is 0.317 e. The average Bonchev–Trinajstić information content (AvgIpc) is 2.66. The first-order valence-corrected chi connectivity index (χ1v) is 8.84. The van der Waals surface area contributed by atoms with Crippen LogP contribution in [0.5, 0.6) is 5.75 Å². The van der Waals surface area contributed by atoms with Gasteiger partial charge in [0, 0.05) is 31.9 Å². The van der Waals surface area contributed by atoms with Crippen molar-refractivity contribution in [3.8, 4) is 5.75 Å². The molecule has 0 aliphatic carbocycles. The van der Waals surface area contributed by atoms with Gasteiger partial charge in [-0.25, -0.2) is 9.18 Å². The summed E-state index contributed by atoms with van der Waals surface area (Å²) in [4.78, 5) is 16.2. The standard InChI is InChI=1S/C20H24FN3O2/c1-16-3-2-4-19(15-16)26-14-9-22-20(25)24-12-10-23(11-13-24)18-7-5-17(21)6-8-18/h2-8,15H,9-14H2,1H3,(H,22,25). The Morgan fingerprint density at radius 1 is 1.12 bits per heavy atom. The number of anilines is 1. The molecule has 5 nitrogen and oxygen atoms in total. The lowest BCUT2D eigenvalue weighted by Crippen LogP contribution is -2.52. The highest BCUT2D eigenvalue weighted by molar-refractivity contribution is 5.74. The molecule has 1 saturated heterocycles. The van der Waals surface area contributed by atoms with Gasteiger partial charge in [0.25, 0.3) is 0 Å². The SMILES string of the molecule is Cc1cccc(OCCNC(=O)N2CCN(c3ccc(F)cc3)CC2)c1. The molecule has 2 aromatic carbocycles. The Bertz CT molecular complexity index is 728. The largest absolute Gasteiger partial charge is 0.492 e. The van der Waals surface area contributed by atoms with Crippen molar-refractivity contribution < 1.29 is 13.9 Å². The molecule has 1 aliphatic heterocycles. The number of aryl methyl sites for hydroxylation is 1. The summed E-state index contributed by atoms with van der Waals surface area (Å²) in [5.74, 6) is 0.576. The molecular weight excluding hydrogens is 333 g/mol. The van der Waals surface area contributed by atoms with Gasteiger partial charge in [-0.05, 0) is 48.9 Å². The van der Waals surface area contributed by atoms with E-state index >= 15 is 0 Å². The van der Waals surface area contributed by atoms with Gasteiger partial charge in [-0.2, -0.15) is 0 Å². The first-order valence-electron chi connectivity index (χ1n) is 8.84. The molecule has 1 fully saturated rings. The fraction of sp³-hybridized carbons (Fsp3) is 0.350. The van der Waals surface area contributed by atoms with Crippen LogP contribution in [0.1, 0.15) is 5.56 Å². The van der Waals surface area contributed by atoms with E-state index in [2.05, 4.69) is 10.2 Å². The number of nitrogens with zero attached hydrogens (tertiary/aromatic N) is 2. The van der Waals surface area contributed by atoms with E-state index in [9.17, 15) is 9.18 Å². The van der Waals surface area contributed by atoms with Crippen molar-refractivity contribution in [2.45, 2.75) is 6.92 Å². The molecule has 2 amide bonds. The predicted octanol–water partition coefficient (Wildman–Crippen LogP) is 3.04. The predicted molar refractivity (Wildman–Crippen MR) is 100 cm³/mol. The molecule has 0 unspecified atom stereocenters. The molecular formula is C20H24FN3O2. The summed E-state index contributed by atoms with van der Waals surface area (Å²) in [5, 5.41) is 2.89. The van der Waals surface area contributed by atoms with Crippen LogP contribution in [0.2, 0.25) is 0 Å². The van der Waals surface area contributed by atoms with Crippen molar-refractivity contribution in [2.24, 2.45) is 0 Å². The minimum absolute atomic E-state index is 0.0726. The van der Waals surface area contributed by atoms with Crippen LogP contribution in [0.15, 0.2) is 48.5 Å². The summed E-state index contributed by atoms with van der Waals surface area (Å²) >= 11 is 0. The number of ether oxygens (including phenoxy) is 1. The van der Waals surface area contributed by atoms with Crippen molar-refractivity contribution in [1.82, 2.24) is 10.2 Å². The highest BCUT2D eigenvalue weighted by Gasteiger charge is 2.20. The van der Waals surface area contributed by atoms with Crippen molar-refractivity contribution in [3.63, 3.8) is 0 Å². The topological polar surface area (TPSA) is 44.8 Å². The number of carbonyl (C=O) groups is 1. The maximum atomic E-state index is 13.0. The van der Waals surface area contributed by atoms with Crippen LogP contribution in [0.3, 0.4) is 0 Å². The second-order valence-corrected chi connectivity index (χ2v) is 6.35. The summed E-state index contributed by atoms with van der Waals surface area (Å²) in [6.45, 7) is 5.66. The normalized spacial score (nSPS) is 14.2. The number of urea groups is 1. The van der Waals surface area contributed by atoms with E-state index in [1.165, 1.54) is 12.1 Å². The van der Waals surface area contributed by atoms with Crippen molar-refractivity contribution in [1.29, 1.82) is 0 Å². The maximum Gasteiger partial charge on any atom is 0.317 e. The average molecular weight is 357 g/mol. The van der Waals surface area contributed by atoms with Gasteiger partial charge in [-0.1, -0.05) is 12.1 Å². The number of rotatable bonds is 5. The molecule has 6 heteroatoms. The van der Waals surface area contributed by atoms with Gasteiger partial charge in [0.2, 0.25) is 0 Å². The maximum absolute atomic E-state index is 13.0. The number of halogens is 1. The molecule has 1 N–H and O–H groups in total. The van der Waals surface area contributed by atoms with Crippen LogP contribution < -0.4 is 15.0 Å². The fourth-order valence-electron chi connectivity index (χ4n) is 2.96. The molecule has 0 aromatic heterocycles. The zero-order chi connectivity index (χ0) is 18.4. The lowest BCUT2D eigenvalue weighted by molar-refractivity contribution is 0.191. The monoisotopic (exact) mass is 357 g/mol.